The molecule has 90 valence electrons. The molecule has 0 aliphatic rings. The lowest BCUT2D eigenvalue weighted by molar-refractivity contribution is 0.565. The van der Waals surface area contributed by atoms with Crippen molar-refractivity contribution in [2.24, 2.45) is 0 Å². The molecular formula is C12H19NO2S. The maximum Gasteiger partial charge on any atom is 0.175 e. The number of hydrogen-bond acceptors (Lipinski definition) is 3. The average molecular weight is 241 g/mol. The lowest BCUT2D eigenvalue weighted by Gasteiger charge is -2.12. The molecule has 0 aliphatic heterocycles. The summed E-state index contributed by atoms with van der Waals surface area (Å²) in [6, 6.07) is 7.51. The van der Waals surface area contributed by atoms with E-state index in [0.29, 0.717) is 10.9 Å². The molecule has 0 unspecified atom stereocenters. The van der Waals surface area contributed by atoms with Crippen LogP contribution in [0.2, 0.25) is 0 Å². The zero-order chi connectivity index (χ0) is 12.2. The topological polar surface area (TPSA) is 46.2 Å². The van der Waals surface area contributed by atoms with Gasteiger partial charge in [-0.2, -0.15) is 0 Å². The van der Waals surface area contributed by atoms with Gasteiger partial charge in [0, 0.05) is 12.3 Å². The molecule has 0 spiro atoms. The van der Waals surface area contributed by atoms with E-state index in [4.69, 9.17) is 0 Å². The first-order valence-corrected chi connectivity index (χ1v) is 7.35. The minimum absolute atomic E-state index is 0.382. The molecule has 0 fully saturated rings. The molecule has 1 rings (SSSR count). The van der Waals surface area contributed by atoms with Gasteiger partial charge in [0.05, 0.1) is 4.90 Å². The summed E-state index contributed by atoms with van der Waals surface area (Å²) in [5.74, 6) is 0. The maximum absolute atomic E-state index is 11.3. The van der Waals surface area contributed by atoms with Crippen LogP contribution in [0.25, 0.3) is 0 Å². The Balaban J connectivity index is 2.72. The zero-order valence-corrected chi connectivity index (χ0v) is 10.8. The largest absolute Gasteiger partial charge is 0.314 e. The quantitative estimate of drug-likeness (QED) is 0.852. The number of benzene rings is 1. The predicted octanol–water partition coefficient (Wildman–Crippen LogP) is 1.63. The van der Waals surface area contributed by atoms with Crippen LogP contribution < -0.4 is 5.32 Å². The molecule has 1 aromatic rings. The van der Waals surface area contributed by atoms with Gasteiger partial charge in [-0.3, -0.25) is 0 Å². The van der Waals surface area contributed by atoms with Crippen molar-refractivity contribution in [3.63, 3.8) is 0 Å². The summed E-state index contributed by atoms with van der Waals surface area (Å²) in [7, 11) is -3.07. The molecule has 0 bridgehead atoms. The Morgan fingerprint density at radius 2 is 1.81 bits per heavy atom. The molecule has 1 aromatic carbocycles. The Morgan fingerprint density at radius 3 is 2.25 bits per heavy atom. The molecule has 0 radical (unpaired) electrons. The van der Waals surface area contributed by atoms with E-state index in [0.717, 1.165) is 18.5 Å². The van der Waals surface area contributed by atoms with Crippen molar-refractivity contribution in [2.45, 2.75) is 31.2 Å². The molecule has 4 heteroatoms. The van der Waals surface area contributed by atoms with Gasteiger partial charge in [-0.25, -0.2) is 8.42 Å². The van der Waals surface area contributed by atoms with Gasteiger partial charge in [0.2, 0.25) is 0 Å². The minimum Gasteiger partial charge on any atom is -0.314 e. The van der Waals surface area contributed by atoms with E-state index in [9.17, 15) is 8.42 Å². The molecule has 0 heterocycles. The third-order valence-corrected chi connectivity index (χ3v) is 3.57. The van der Waals surface area contributed by atoms with E-state index >= 15 is 0 Å². The van der Waals surface area contributed by atoms with Crippen LogP contribution in [0.4, 0.5) is 0 Å². The van der Waals surface area contributed by atoms with Crippen molar-refractivity contribution >= 4 is 9.84 Å². The zero-order valence-electron chi connectivity index (χ0n) is 10.0. The maximum atomic E-state index is 11.3. The van der Waals surface area contributed by atoms with Gasteiger partial charge in [-0.05, 0) is 37.6 Å². The van der Waals surface area contributed by atoms with Crippen molar-refractivity contribution in [3.05, 3.63) is 29.8 Å². The first-order chi connectivity index (χ1) is 7.43. The summed E-state index contributed by atoms with van der Waals surface area (Å²) in [4.78, 5) is 0.382. The highest BCUT2D eigenvalue weighted by atomic mass is 32.2. The number of hydrogen-bond donors (Lipinski definition) is 1. The SMILES string of the molecule is CCN[C@@H](C)Cc1ccc(S(C)(=O)=O)cc1. The molecule has 1 atom stereocenters. The summed E-state index contributed by atoms with van der Waals surface area (Å²) in [5.41, 5.74) is 1.15. The van der Waals surface area contributed by atoms with Crippen molar-refractivity contribution < 1.29 is 8.42 Å². The molecule has 1 N–H and O–H groups in total. The molecule has 0 saturated heterocycles. The fraction of sp³-hybridized carbons (Fsp3) is 0.500. The fourth-order valence-electron chi connectivity index (χ4n) is 1.65. The van der Waals surface area contributed by atoms with Crippen molar-refractivity contribution in [2.75, 3.05) is 12.8 Å². The highest BCUT2D eigenvalue weighted by molar-refractivity contribution is 7.90. The Bertz CT molecular complexity index is 423. The van der Waals surface area contributed by atoms with E-state index < -0.39 is 9.84 Å². The second-order valence-corrected chi connectivity index (χ2v) is 6.09. The van der Waals surface area contributed by atoms with Gasteiger partial charge in [0.15, 0.2) is 9.84 Å². The third kappa shape index (κ3) is 3.94. The standard InChI is InChI=1S/C12H19NO2S/c1-4-13-10(2)9-11-5-7-12(8-6-11)16(3,14)15/h5-8,10,13H,4,9H2,1-3H3/t10-/m0/s1. The van der Waals surface area contributed by atoms with Gasteiger partial charge < -0.3 is 5.32 Å². The van der Waals surface area contributed by atoms with Crippen molar-refractivity contribution in [3.8, 4) is 0 Å². The molecule has 0 amide bonds. The molecule has 16 heavy (non-hydrogen) atoms. The van der Waals surface area contributed by atoms with E-state index in [1.54, 1.807) is 12.1 Å². The van der Waals surface area contributed by atoms with Crippen LogP contribution in [0.3, 0.4) is 0 Å². The molecule has 0 saturated carbocycles. The van der Waals surface area contributed by atoms with Crippen molar-refractivity contribution in [1.82, 2.24) is 5.32 Å². The van der Waals surface area contributed by atoms with E-state index in [-0.39, 0.29) is 0 Å². The minimum atomic E-state index is -3.07. The predicted molar refractivity (Wildman–Crippen MR) is 66.4 cm³/mol. The number of rotatable bonds is 5. The van der Waals surface area contributed by atoms with Gasteiger partial charge in [0.1, 0.15) is 0 Å². The van der Waals surface area contributed by atoms with Crippen LogP contribution >= 0.6 is 0 Å². The second-order valence-electron chi connectivity index (χ2n) is 4.08. The molecule has 3 nitrogen and oxygen atoms in total. The highest BCUT2D eigenvalue weighted by Crippen LogP contribution is 2.11. The second kappa shape index (κ2) is 5.46. The molecule has 0 aromatic heterocycles. The summed E-state index contributed by atoms with van der Waals surface area (Å²) in [6.07, 6.45) is 2.14. The van der Waals surface area contributed by atoms with Gasteiger partial charge in [-0.1, -0.05) is 19.1 Å². The lowest BCUT2D eigenvalue weighted by Crippen LogP contribution is -2.27. The highest BCUT2D eigenvalue weighted by Gasteiger charge is 2.07. The number of likely N-dealkylation sites (N-methyl/N-ethyl adjacent to an activating group) is 1. The van der Waals surface area contributed by atoms with Crippen molar-refractivity contribution in [1.29, 1.82) is 0 Å². The van der Waals surface area contributed by atoms with Gasteiger partial charge in [0.25, 0.3) is 0 Å². The summed E-state index contributed by atoms with van der Waals surface area (Å²) in [6.45, 7) is 5.14. The van der Waals surface area contributed by atoms with E-state index in [1.807, 2.05) is 12.1 Å². The normalized spacial score (nSPS) is 13.7. The number of sulfone groups is 1. The van der Waals surface area contributed by atoms with Gasteiger partial charge >= 0.3 is 0 Å². The van der Waals surface area contributed by atoms with Crippen LogP contribution in [-0.4, -0.2) is 27.3 Å². The average Bonchev–Trinajstić information content (AvgIpc) is 2.17. The van der Waals surface area contributed by atoms with E-state index in [2.05, 4.69) is 19.2 Å². The van der Waals surface area contributed by atoms with E-state index in [1.165, 1.54) is 6.26 Å². The summed E-state index contributed by atoms with van der Waals surface area (Å²) >= 11 is 0. The summed E-state index contributed by atoms with van der Waals surface area (Å²) in [5, 5.41) is 3.32. The van der Waals surface area contributed by atoms with Crippen LogP contribution in [0, 0.1) is 0 Å². The van der Waals surface area contributed by atoms with Crippen LogP contribution in [0.15, 0.2) is 29.2 Å². The van der Waals surface area contributed by atoms with Gasteiger partial charge in [-0.15, -0.1) is 0 Å². The molecular weight excluding hydrogens is 222 g/mol. The molecule has 0 aliphatic carbocycles. The first-order valence-electron chi connectivity index (χ1n) is 5.46. The number of nitrogens with one attached hydrogen (secondary N) is 1. The van der Waals surface area contributed by atoms with Crippen LogP contribution in [0.5, 0.6) is 0 Å². The Morgan fingerprint density at radius 1 is 1.25 bits per heavy atom. The Labute approximate surface area is 97.8 Å². The Hall–Kier alpha value is -0.870. The lowest BCUT2D eigenvalue weighted by atomic mass is 10.1. The fourth-order valence-corrected chi connectivity index (χ4v) is 2.28. The van der Waals surface area contributed by atoms with Crippen LogP contribution in [-0.2, 0) is 16.3 Å². The summed E-state index contributed by atoms with van der Waals surface area (Å²) < 4.78 is 22.5. The first kappa shape index (κ1) is 13.2. The smallest absolute Gasteiger partial charge is 0.175 e. The Kier molecular flexibility index (Phi) is 4.50. The monoisotopic (exact) mass is 241 g/mol. The third-order valence-electron chi connectivity index (χ3n) is 2.45. The van der Waals surface area contributed by atoms with Crippen LogP contribution in [0.1, 0.15) is 19.4 Å².